The molecule has 35 heavy (non-hydrogen) atoms. The SMILES string of the molecule is CCN(CC)c1ccc2c(C)c(CCNC(=O)NCc3cccc(CCC(=O)O)c3)c(=O)oc2c1. The number of benzene rings is 2. The lowest BCUT2D eigenvalue weighted by Crippen LogP contribution is -2.36. The van der Waals surface area contributed by atoms with Gasteiger partial charge in [0.15, 0.2) is 0 Å². The van der Waals surface area contributed by atoms with Crippen molar-refractivity contribution >= 4 is 28.7 Å². The van der Waals surface area contributed by atoms with Crippen LogP contribution in [0.25, 0.3) is 11.0 Å². The van der Waals surface area contributed by atoms with Crippen LogP contribution in [-0.2, 0) is 24.2 Å². The summed E-state index contributed by atoms with van der Waals surface area (Å²) in [5, 5.41) is 15.3. The van der Waals surface area contributed by atoms with Gasteiger partial charge in [0, 0.05) is 55.3 Å². The molecule has 8 nitrogen and oxygen atoms in total. The Kier molecular flexibility index (Phi) is 8.89. The Morgan fingerprint density at radius 3 is 2.46 bits per heavy atom. The van der Waals surface area contributed by atoms with Gasteiger partial charge in [0.1, 0.15) is 5.58 Å². The van der Waals surface area contributed by atoms with Gasteiger partial charge in [-0.3, -0.25) is 4.79 Å². The van der Waals surface area contributed by atoms with Crippen LogP contribution in [0.15, 0.2) is 51.7 Å². The number of urea groups is 1. The van der Waals surface area contributed by atoms with E-state index in [1.807, 2.05) is 49.4 Å². The van der Waals surface area contributed by atoms with E-state index in [4.69, 9.17) is 9.52 Å². The minimum absolute atomic E-state index is 0.0661. The van der Waals surface area contributed by atoms with E-state index in [0.717, 1.165) is 40.9 Å². The van der Waals surface area contributed by atoms with Crippen molar-refractivity contribution in [3.63, 3.8) is 0 Å². The largest absolute Gasteiger partial charge is 0.481 e. The normalized spacial score (nSPS) is 10.8. The molecule has 0 radical (unpaired) electrons. The van der Waals surface area contributed by atoms with E-state index < -0.39 is 5.97 Å². The third-order valence-corrected chi connectivity index (χ3v) is 6.13. The van der Waals surface area contributed by atoms with Crippen LogP contribution in [0.4, 0.5) is 10.5 Å². The van der Waals surface area contributed by atoms with Gasteiger partial charge in [-0.25, -0.2) is 9.59 Å². The molecule has 2 amide bonds. The second kappa shape index (κ2) is 12.1. The van der Waals surface area contributed by atoms with Crippen molar-refractivity contribution in [2.75, 3.05) is 24.5 Å². The summed E-state index contributed by atoms with van der Waals surface area (Å²) >= 11 is 0. The van der Waals surface area contributed by atoms with Crippen LogP contribution in [-0.4, -0.2) is 36.7 Å². The first-order valence-corrected chi connectivity index (χ1v) is 11.9. The molecule has 0 saturated carbocycles. The molecule has 186 valence electrons. The topological polar surface area (TPSA) is 112 Å². The third kappa shape index (κ3) is 6.85. The van der Waals surface area contributed by atoms with E-state index in [-0.39, 0.29) is 18.1 Å². The molecule has 0 unspecified atom stereocenters. The van der Waals surface area contributed by atoms with Crippen molar-refractivity contribution in [2.45, 2.75) is 46.6 Å². The van der Waals surface area contributed by atoms with E-state index in [1.165, 1.54) is 0 Å². The molecule has 0 aliphatic carbocycles. The summed E-state index contributed by atoms with van der Waals surface area (Å²) in [5.74, 6) is -0.840. The number of carbonyl (C=O) groups excluding carboxylic acids is 1. The summed E-state index contributed by atoms with van der Waals surface area (Å²) in [7, 11) is 0. The lowest BCUT2D eigenvalue weighted by molar-refractivity contribution is -0.136. The summed E-state index contributed by atoms with van der Waals surface area (Å²) in [5.41, 5.74) is 4.42. The maximum Gasteiger partial charge on any atom is 0.339 e. The lowest BCUT2D eigenvalue weighted by Gasteiger charge is -2.21. The number of nitrogens with zero attached hydrogens (tertiary/aromatic N) is 1. The molecule has 1 aromatic heterocycles. The predicted octanol–water partition coefficient (Wildman–Crippen LogP) is 4.01. The Morgan fingerprint density at radius 2 is 1.74 bits per heavy atom. The van der Waals surface area contributed by atoms with Crippen LogP contribution in [0.5, 0.6) is 0 Å². The summed E-state index contributed by atoms with van der Waals surface area (Å²) in [4.78, 5) is 37.8. The summed E-state index contributed by atoms with van der Waals surface area (Å²) in [6.07, 6.45) is 0.871. The highest BCUT2D eigenvalue weighted by atomic mass is 16.4. The number of amides is 2. The molecule has 0 saturated heterocycles. The predicted molar refractivity (Wildman–Crippen MR) is 137 cm³/mol. The van der Waals surface area contributed by atoms with E-state index >= 15 is 0 Å². The van der Waals surface area contributed by atoms with Crippen molar-refractivity contribution < 1.29 is 19.1 Å². The van der Waals surface area contributed by atoms with Gasteiger partial charge in [-0.2, -0.15) is 0 Å². The molecule has 8 heteroatoms. The average Bonchev–Trinajstić information content (AvgIpc) is 2.84. The summed E-state index contributed by atoms with van der Waals surface area (Å²) in [6, 6.07) is 13.1. The highest BCUT2D eigenvalue weighted by Gasteiger charge is 2.13. The molecule has 1 heterocycles. The van der Waals surface area contributed by atoms with Gasteiger partial charge in [0.05, 0.1) is 0 Å². The molecular formula is C27H33N3O5. The molecule has 3 rings (SSSR count). The molecular weight excluding hydrogens is 446 g/mol. The maximum absolute atomic E-state index is 12.6. The van der Waals surface area contributed by atoms with Crippen LogP contribution in [0.3, 0.4) is 0 Å². The van der Waals surface area contributed by atoms with Crippen LogP contribution >= 0.6 is 0 Å². The fourth-order valence-corrected chi connectivity index (χ4v) is 4.15. The van der Waals surface area contributed by atoms with Crippen LogP contribution in [0, 0.1) is 6.92 Å². The Balaban J connectivity index is 1.57. The van der Waals surface area contributed by atoms with Crippen molar-refractivity contribution in [3.05, 3.63) is 75.1 Å². The first kappa shape index (κ1) is 25.8. The van der Waals surface area contributed by atoms with E-state index in [2.05, 4.69) is 29.4 Å². The lowest BCUT2D eigenvalue weighted by atomic mass is 10.0. The number of carboxylic acid groups (broad SMARTS) is 1. The molecule has 2 aromatic carbocycles. The van der Waals surface area contributed by atoms with Gasteiger partial charge < -0.3 is 25.1 Å². The van der Waals surface area contributed by atoms with E-state index in [9.17, 15) is 14.4 Å². The minimum atomic E-state index is -0.840. The number of hydrogen-bond donors (Lipinski definition) is 3. The van der Waals surface area contributed by atoms with Crippen molar-refractivity contribution in [1.82, 2.24) is 10.6 Å². The standard InChI is InChI=1S/C27H33N3O5/c1-4-30(5-2)21-10-11-22-18(3)23(26(33)35-24(22)16-21)13-14-28-27(34)29-17-20-8-6-7-19(15-20)9-12-25(31)32/h6-8,10-11,15-16H,4-5,9,12-14,17H2,1-3H3,(H,31,32)(H2,28,29,34). The van der Waals surface area contributed by atoms with Gasteiger partial charge in [0.25, 0.3) is 0 Å². The Hall–Kier alpha value is -3.81. The number of hydrogen-bond acceptors (Lipinski definition) is 5. The number of rotatable bonds is 11. The van der Waals surface area contributed by atoms with Crippen LogP contribution < -0.4 is 21.2 Å². The molecule has 0 aliphatic rings. The number of fused-ring (bicyclic) bond motifs is 1. The van der Waals surface area contributed by atoms with Gasteiger partial charge in [-0.05, 0) is 62.4 Å². The zero-order chi connectivity index (χ0) is 25.4. The maximum atomic E-state index is 12.6. The monoisotopic (exact) mass is 479 g/mol. The fraction of sp³-hybridized carbons (Fsp3) is 0.370. The third-order valence-electron chi connectivity index (χ3n) is 6.13. The fourth-order valence-electron chi connectivity index (χ4n) is 4.15. The molecule has 0 spiro atoms. The summed E-state index contributed by atoms with van der Waals surface area (Å²) in [6.45, 7) is 8.42. The molecule has 3 aromatic rings. The molecule has 3 N–H and O–H groups in total. The van der Waals surface area contributed by atoms with Gasteiger partial charge >= 0.3 is 17.6 Å². The minimum Gasteiger partial charge on any atom is -0.481 e. The molecule has 0 fully saturated rings. The van der Waals surface area contributed by atoms with Gasteiger partial charge in [-0.1, -0.05) is 24.3 Å². The highest BCUT2D eigenvalue weighted by molar-refractivity contribution is 5.84. The molecule has 0 aliphatic heterocycles. The van der Waals surface area contributed by atoms with Crippen molar-refractivity contribution in [3.8, 4) is 0 Å². The Labute approximate surface area is 204 Å². The van der Waals surface area contributed by atoms with Crippen molar-refractivity contribution in [1.29, 1.82) is 0 Å². The van der Waals surface area contributed by atoms with Gasteiger partial charge in [0.2, 0.25) is 0 Å². The molecule has 0 bridgehead atoms. The quantitative estimate of drug-likeness (QED) is 0.358. The average molecular weight is 480 g/mol. The molecule has 0 atom stereocenters. The second-order valence-electron chi connectivity index (χ2n) is 8.42. The second-order valence-corrected chi connectivity index (χ2v) is 8.42. The zero-order valence-corrected chi connectivity index (χ0v) is 20.5. The number of aliphatic carboxylic acids is 1. The number of carboxylic acids is 1. The van der Waals surface area contributed by atoms with E-state index in [0.29, 0.717) is 37.1 Å². The van der Waals surface area contributed by atoms with E-state index in [1.54, 1.807) is 0 Å². The number of carbonyl (C=O) groups is 2. The first-order valence-electron chi connectivity index (χ1n) is 11.9. The Bertz CT molecular complexity index is 1250. The van der Waals surface area contributed by atoms with Gasteiger partial charge in [-0.15, -0.1) is 0 Å². The Morgan fingerprint density at radius 1 is 1.00 bits per heavy atom. The smallest absolute Gasteiger partial charge is 0.339 e. The number of aryl methyl sites for hydroxylation is 2. The highest BCUT2D eigenvalue weighted by Crippen LogP contribution is 2.25. The van der Waals surface area contributed by atoms with Crippen LogP contribution in [0.1, 0.15) is 42.5 Å². The van der Waals surface area contributed by atoms with Crippen LogP contribution in [0.2, 0.25) is 0 Å². The summed E-state index contributed by atoms with van der Waals surface area (Å²) < 4.78 is 5.61. The zero-order valence-electron chi connectivity index (χ0n) is 20.5. The number of nitrogens with one attached hydrogen (secondary N) is 2. The van der Waals surface area contributed by atoms with Crippen molar-refractivity contribution in [2.24, 2.45) is 0 Å². The number of anilines is 1. The first-order chi connectivity index (χ1) is 16.8.